The first-order valence-electron chi connectivity index (χ1n) is 11.4. The molecule has 2 amide bonds. The van der Waals surface area contributed by atoms with E-state index in [1.807, 2.05) is 40.7 Å². The van der Waals surface area contributed by atoms with E-state index < -0.39 is 18.1 Å². The number of aliphatic hydroxyl groups excluding tert-OH is 1. The average molecular weight is 453 g/mol. The first-order valence-corrected chi connectivity index (χ1v) is 11.4. The normalized spacial score (nSPS) is 20.0. The van der Waals surface area contributed by atoms with Gasteiger partial charge in [0, 0.05) is 19.0 Å². The predicted molar refractivity (Wildman–Crippen MR) is 122 cm³/mol. The van der Waals surface area contributed by atoms with Crippen LogP contribution < -0.4 is 5.32 Å². The van der Waals surface area contributed by atoms with Crippen LogP contribution in [0.1, 0.15) is 81.5 Å². The van der Waals surface area contributed by atoms with Gasteiger partial charge in [-0.05, 0) is 36.5 Å². The van der Waals surface area contributed by atoms with E-state index in [9.17, 15) is 14.7 Å². The van der Waals surface area contributed by atoms with Crippen LogP contribution in [-0.2, 0) is 9.59 Å². The molecule has 4 atom stereocenters. The predicted octanol–water partition coefficient (Wildman–Crippen LogP) is 3.25. The van der Waals surface area contributed by atoms with E-state index in [0.717, 1.165) is 11.3 Å². The molecule has 1 aliphatic rings. The summed E-state index contributed by atoms with van der Waals surface area (Å²) in [4.78, 5) is 28.2. The summed E-state index contributed by atoms with van der Waals surface area (Å²) in [5.41, 5.74) is 2.16. The van der Waals surface area contributed by atoms with Crippen molar-refractivity contribution < 1.29 is 19.2 Å². The zero-order valence-corrected chi connectivity index (χ0v) is 19.8. The Bertz CT molecular complexity index is 1020. The molecule has 1 aromatic carbocycles. The number of nitrogens with zero attached hydrogens (tertiary/aromatic N) is 3. The number of nitriles is 1. The number of rotatable bonds is 7. The zero-order chi connectivity index (χ0) is 24.3. The molecule has 33 heavy (non-hydrogen) atoms. The maximum Gasteiger partial charge on any atom is 0.243 e. The Balaban J connectivity index is 1.78. The third-order valence-corrected chi connectivity index (χ3v) is 6.14. The minimum Gasteiger partial charge on any atom is -0.391 e. The Morgan fingerprint density at radius 3 is 2.42 bits per heavy atom. The summed E-state index contributed by atoms with van der Waals surface area (Å²) in [6.07, 6.45) is -0.598. The van der Waals surface area contributed by atoms with Crippen molar-refractivity contribution in [3.63, 3.8) is 0 Å². The lowest BCUT2D eigenvalue weighted by Crippen LogP contribution is -2.48. The lowest BCUT2D eigenvalue weighted by Gasteiger charge is -2.29. The highest BCUT2D eigenvalue weighted by molar-refractivity contribution is 5.91. The zero-order valence-electron chi connectivity index (χ0n) is 19.8. The molecule has 4 unspecified atom stereocenters. The molecule has 0 bridgehead atoms. The third-order valence-electron chi connectivity index (χ3n) is 6.14. The highest BCUT2D eigenvalue weighted by Crippen LogP contribution is 2.32. The number of likely N-dealkylation sites (tertiary alicyclic amines) is 1. The van der Waals surface area contributed by atoms with E-state index in [0.29, 0.717) is 11.3 Å². The van der Waals surface area contributed by atoms with Crippen LogP contribution in [0.15, 0.2) is 34.9 Å². The summed E-state index contributed by atoms with van der Waals surface area (Å²) in [7, 11) is 0. The Morgan fingerprint density at radius 1 is 1.21 bits per heavy atom. The number of benzene rings is 1. The number of nitrogens with one attached hydrogen (secondary N) is 1. The standard InChI is InChI=1S/C25H32N4O4/c1-14(2)20-11-22(33-28-20)23(15(3)4)25(32)29-13-19(30)10-21(29)24(31)27-16(5)18-8-6-17(12-26)7-9-18/h6-9,11,14-16,19,21,23,30H,10,13H2,1-5H3,(H,27,31). The summed E-state index contributed by atoms with van der Waals surface area (Å²) in [5.74, 6) is -0.601. The lowest BCUT2D eigenvalue weighted by molar-refractivity contribution is -0.141. The molecular formula is C25H32N4O4. The van der Waals surface area contributed by atoms with Gasteiger partial charge in [0.15, 0.2) is 0 Å². The molecule has 2 heterocycles. The Kier molecular flexibility index (Phi) is 7.54. The first kappa shape index (κ1) is 24.5. The quantitative estimate of drug-likeness (QED) is 0.665. The molecule has 0 radical (unpaired) electrons. The van der Waals surface area contributed by atoms with Gasteiger partial charge in [-0.15, -0.1) is 0 Å². The van der Waals surface area contributed by atoms with Crippen LogP contribution in [0.5, 0.6) is 0 Å². The van der Waals surface area contributed by atoms with Crippen molar-refractivity contribution >= 4 is 11.8 Å². The molecule has 1 aliphatic heterocycles. The summed E-state index contributed by atoms with van der Waals surface area (Å²) in [5, 5.41) is 26.3. The minimum atomic E-state index is -0.776. The topological polar surface area (TPSA) is 119 Å². The van der Waals surface area contributed by atoms with Gasteiger partial charge in [0.05, 0.1) is 29.5 Å². The van der Waals surface area contributed by atoms with Crippen molar-refractivity contribution in [3.05, 3.63) is 52.9 Å². The highest BCUT2D eigenvalue weighted by Gasteiger charge is 2.43. The van der Waals surface area contributed by atoms with Crippen molar-refractivity contribution in [3.8, 4) is 6.07 Å². The van der Waals surface area contributed by atoms with Crippen LogP contribution in [0.3, 0.4) is 0 Å². The van der Waals surface area contributed by atoms with Crippen molar-refractivity contribution in [2.24, 2.45) is 5.92 Å². The van der Waals surface area contributed by atoms with Gasteiger partial charge in [0.2, 0.25) is 11.8 Å². The van der Waals surface area contributed by atoms with Crippen LogP contribution >= 0.6 is 0 Å². The fourth-order valence-corrected chi connectivity index (χ4v) is 4.18. The average Bonchev–Trinajstić information content (AvgIpc) is 3.41. The number of hydrogen-bond acceptors (Lipinski definition) is 6. The SMILES string of the molecule is CC(C)c1cc(C(C(=O)N2CC(O)CC2C(=O)NC(C)c2ccc(C#N)cc2)C(C)C)on1. The van der Waals surface area contributed by atoms with Gasteiger partial charge < -0.3 is 19.8 Å². The smallest absolute Gasteiger partial charge is 0.243 e. The summed E-state index contributed by atoms with van der Waals surface area (Å²) in [6.45, 7) is 9.79. The maximum absolute atomic E-state index is 13.6. The summed E-state index contributed by atoms with van der Waals surface area (Å²) in [6, 6.07) is 9.77. The third kappa shape index (κ3) is 5.42. The number of carbonyl (C=O) groups is 2. The minimum absolute atomic E-state index is 0.0792. The molecule has 8 heteroatoms. The van der Waals surface area contributed by atoms with E-state index in [1.165, 1.54) is 4.90 Å². The second-order valence-electron chi connectivity index (χ2n) is 9.39. The molecule has 0 aliphatic carbocycles. The highest BCUT2D eigenvalue weighted by atomic mass is 16.5. The van der Waals surface area contributed by atoms with Gasteiger partial charge >= 0.3 is 0 Å². The van der Waals surface area contributed by atoms with Gasteiger partial charge in [-0.25, -0.2) is 0 Å². The number of aromatic nitrogens is 1. The second kappa shape index (κ2) is 10.2. The van der Waals surface area contributed by atoms with Crippen molar-refractivity contribution in [1.29, 1.82) is 5.26 Å². The van der Waals surface area contributed by atoms with Crippen LogP contribution in [0.25, 0.3) is 0 Å². The van der Waals surface area contributed by atoms with E-state index in [-0.39, 0.29) is 42.7 Å². The largest absolute Gasteiger partial charge is 0.391 e. The number of hydrogen-bond donors (Lipinski definition) is 2. The van der Waals surface area contributed by atoms with Crippen molar-refractivity contribution in [1.82, 2.24) is 15.4 Å². The molecule has 176 valence electrons. The first-order chi connectivity index (χ1) is 15.6. The molecule has 0 saturated carbocycles. The molecular weight excluding hydrogens is 420 g/mol. The van der Waals surface area contributed by atoms with Crippen LogP contribution in [0, 0.1) is 17.2 Å². The lowest BCUT2D eigenvalue weighted by atomic mass is 9.90. The van der Waals surface area contributed by atoms with Gasteiger partial charge in [0.25, 0.3) is 0 Å². The molecule has 2 aromatic rings. The van der Waals surface area contributed by atoms with E-state index in [2.05, 4.69) is 16.5 Å². The Hall–Kier alpha value is -3.18. The van der Waals surface area contributed by atoms with Gasteiger partial charge in [-0.2, -0.15) is 5.26 Å². The van der Waals surface area contributed by atoms with Crippen LogP contribution in [-0.4, -0.2) is 45.7 Å². The molecule has 1 saturated heterocycles. The molecule has 1 fully saturated rings. The summed E-state index contributed by atoms with van der Waals surface area (Å²) < 4.78 is 5.51. The maximum atomic E-state index is 13.6. The molecule has 2 N–H and O–H groups in total. The fraction of sp³-hybridized carbons (Fsp3) is 0.520. The van der Waals surface area contributed by atoms with Crippen LogP contribution in [0.2, 0.25) is 0 Å². The van der Waals surface area contributed by atoms with Gasteiger partial charge in [-0.3, -0.25) is 9.59 Å². The number of carbonyl (C=O) groups excluding carboxylic acids is 2. The molecule has 3 rings (SSSR count). The monoisotopic (exact) mass is 452 g/mol. The van der Waals surface area contributed by atoms with Gasteiger partial charge in [-0.1, -0.05) is 45.0 Å². The number of amides is 2. The Labute approximate surface area is 194 Å². The van der Waals surface area contributed by atoms with E-state index in [1.54, 1.807) is 24.3 Å². The van der Waals surface area contributed by atoms with Crippen molar-refractivity contribution in [2.75, 3.05) is 6.54 Å². The molecule has 1 aromatic heterocycles. The summed E-state index contributed by atoms with van der Waals surface area (Å²) >= 11 is 0. The fourth-order valence-electron chi connectivity index (χ4n) is 4.18. The van der Waals surface area contributed by atoms with Crippen LogP contribution in [0.4, 0.5) is 0 Å². The number of β-amino-alcohol motifs (C(OH)–C–C–N with tert-alkyl or cyclic N) is 1. The number of aliphatic hydroxyl groups is 1. The van der Waals surface area contributed by atoms with E-state index in [4.69, 9.17) is 9.78 Å². The molecule has 0 spiro atoms. The molecule has 8 nitrogen and oxygen atoms in total. The van der Waals surface area contributed by atoms with E-state index >= 15 is 0 Å². The Morgan fingerprint density at radius 2 is 1.88 bits per heavy atom. The second-order valence-corrected chi connectivity index (χ2v) is 9.39. The van der Waals surface area contributed by atoms with Crippen molar-refractivity contribution in [2.45, 2.75) is 71.1 Å². The van der Waals surface area contributed by atoms with Gasteiger partial charge in [0.1, 0.15) is 17.7 Å².